The standard InChI is InChI=1S/C26H52O5/c1-20(2)10-6-11-21(3)12-7-13-22(4)14-8-15-23(5)16-9-17-26(30)31-19-25(29)24(28)18-27/h20-25,27-29H,6-19H2,1-5H3/t21-,22-,23-,24+,25-/m1/s1. The van der Waals surface area contributed by atoms with Crippen LogP contribution < -0.4 is 0 Å². The molecule has 0 amide bonds. The van der Waals surface area contributed by atoms with Gasteiger partial charge in [-0.3, -0.25) is 4.79 Å². The first-order chi connectivity index (χ1) is 14.6. The fourth-order valence-corrected chi connectivity index (χ4v) is 4.02. The minimum atomic E-state index is -1.27. The predicted octanol–water partition coefficient (Wildman–Crippen LogP) is 5.49. The van der Waals surface area contributed by atoms with Crippen LogP contribution in [-0.4, -0.2) is 46.7 Å². The highest BCUT2D eigenvalue weighted by molar-refractivity contribution is 5.69. The molecule has 5 atom stereocenters. The van der Waals surface area contributed by atoms with Crippen LogP contribution in [0.15, 0.2) is 0 Å². The first-order valence-corrected chi connectivity index (χ1v) is 12.8. The minimum Gasteiger partial charge on any atom is -0.463 e. The van der Waals surface area contributed by atoms with E-state index in [1.165, 1.54) is 57.8 Å². The minimum absolute atomic E-state index is 0.273. The van der Waals surface area contributed by atoms with Gasteiger partial charge in [0.25, 0.3) is 0 Å². The van der Waals surface area contributed by atoms with E-state index in [4.69, 9.17) is 9.84 Å². The smallest absolute Gasteiger partial charge is 0.305 e. The van der Waals surface area contributed by atoms with Crippen LogP contribution in [0, 0.1) is 23.7 Å². The third kappa shape index (κ3) is 18.6. The van der Waals surface area contributed by atoms with E-state index in [1.54, 1.807) is 0 Å². The predicted molar refractivity (Wildman–Crippen MR) is 128 cm³/mol. The second-order valence-electron chi connectivity index (χ2n) is 10.4. The molecule has 3 N–H and O–H groups in total. The van der Waals surface area contributed by atoms with E-state index in [1.807, 2.05) is 0 Å². The molecule has 0 spiro atoms. The largest absolute Gasteiger partial charge is 0.463 e. The molecule has 5 nitrogen and oxygen atoms in total. The van der Waals surface area contributed by atoms with Crippen molar-refractivity contribution in [3.8, 4) is 0 Å². The van der Waals surface area contributed by atoms with Gasteiger partial charge in [-0.1, -0.05) is 98.8 Å². The summed E-state index contributed by atoms with van der Waals surface area (Å²) >= 11 is 0. The third-order valence-electron chi connectivity index (χ3n) is 6.39. The number of esters is 1. The van der Waals surface area contributed by atoms with Crippen LogP contribution in [0.5, 0.6) is 0 Å². The monoisotopic (exact) mass is 444 g/mol. The van der Waals surface area contributed by atoms with Crippen LogP contribution in [0.3, 0.4) is 0 Å². The molecule has 0 aliphatic rings. The molecule has 0 unspecified atom stereocenters. The first-order valence-electron chi connectivity index (χ1n) is 12.8. The van der Waals surface area contributed by atoms with Gasteiger partial charge in [0.05, 0.1) is 6.61 Å². The van der Waals surface area contributed by atoms with Crippen LogP contribution in [0.2, 0.25) is 0 Å². The Hall–Kier alpha value is -0.650. The summed E-state index contributed by atoms with van der Waals surface area (Å²) in [4.78, 5) is 11.7. The summed E-state index contributed by atoms with van der Waals surface area (Å²) in [7, 11) is 0. The maximum atomic E-state index is 11.7. The van der Waals surface area contributed by atoms with Gasteiger partial charge >= 0.3 is 5.97 Å². The molecule has 0 saturated heterocycles. The molecule has 0 saturated carbocycles. The van der Waals surface area contributed by atoms with Crippen LogP contribution in [0.1, 0.15) is 112 Å². The van der Waals surface area contributed by atoms with E-state index in [2.05, 4.69) is 34.6 Å². The number of hydrogen-bond acceptors (Lipinski definition) is 5. The van der Waals surface area contributed by atoms with Crippen molar-refractivity contribution in [3.05, 3.63) is 0 Å². The first kappa shape index (κ1) is 30.4. The van der Waals surface area contributed by atoms with Gasteiger partial charge in [-0.25, -0.2) is 0 Å². The fourth-order valence-electron chi connectivity index (χ4n) is 4.02. The molecule has 0 radical (unpaired) electrons. The zero-order chi connectivity index (χ0) is 23.6. The lowest BCUT2D eigenvalue weighted by Crippen LogP contribution is -2.34. The fraction of sp³-hybridized carbons (Fsp3) is 0.962. The maximum absolute atomic E-state index is 11.7. The lowest BCUT2D eigenvalue weighted by atomic mass is 9.90. The van der Waals surface area contributed by atoms with Gasteiger partial charge in [0.15, 0.2) is 0 Å². The number of aliphatic hydroxyl groups excluding tert-OH is 3. The van der Waals surface area contributed by atoms with Crippen molar-refractivity contribution in [2.45, 2.75) is 124 Å². The van der Waals surface area contributed by atoms with Gasteiger partial charge in [-0.05, 0) is 30.1 Å². The molecule has 0 aliphatic carbocycles. The molecule has 0 bridgehead atoms. The number of rotatable bonds is 20. The molecule has 0 aromatic heterocycles. The number of hydrogen-bond donors (Lipinski definition) is 3. The summed E-state index contributed by atoms with van der Waals surface area (Å²) in [6.07, 6.45) is 11.5. The van der Waals surface area contributed by atoms with Gasteiger partial charge in [-0.15, -0.1) is 0 Å². The Labute approximate surface area is 192 Å². The van der Waals surface area contributed by atoms with Crippen LogP contribution in [0.25, 0.3) is 0 Å². The molecule has 0 aliphatic heterocycles. The molecule has 0 fully saturated rings. The second kappa shape index (κ2) is 18.9. The Morgan fingerprint density at radius 3 is 1.52 bits per heavy atom. The Morgan fingerprint density at radius 2 is 1.10 bits per heavy atom. The molecule has 0 aromatic rings. The Bertz CT molecular complexity index is 426. The molecular weight excluding hydrogens is 392 g/mol. The summed E-state index contributed by atoms with van der Waals surface area (Å²) in [6.45, 7) is 10.8. The van der Waals surface area contributed by atoms with Crippen LogP contribution >= 0.6 is 0 Å². The highest BCUT2D eigenvalue weighted by Gasteiger charge is 2.17. The Morgan fingerprint density at radius 1 is 0.677 bits per heavy atom. The van der Waals surface area contributed by atoms with E-state index in [-0.39, 0.29) is 12.6 Å². The molecule has 0 aromatic carbocycles. The third-order valence-corrected chi connectivity index (χ3v) is 6.39. The van der Waals surface area contributed by atoms with E-state index in [9.17, 15) is 15.0 Å². The van der Waals surface area contributed by atoms with Crippen molar-refractivity contribution in [2.24, 2.45) is 23.7 Å². The topological polar surface area (TPSA) is 87.0 Å². The summed E-state index contributed by atoms with van der Waals surface area (Å²) in [5.41, 5.74) is 0. The average Bonchev–Trinajstić information content (AvgIpc) is 2.71. The number of ether oxygens (including phenoxy) is 1. The molecule has 31 heavy (non-hydrogen) atoms. The van der Waals surface area contributed by atoms with Gasteiger partial charge in [0.2, 0.25) is 0 Å². The molecule has 0 rings (SSSR count). The lowest BCUT2D eigenvalue weighted by Gasteiger charge is -2.17. The van der Waals surface area contributed by atoms with Crippen molar-refractivity contribution in [2.75, 3.05) is 13.2 Å². The normalized spacial score (nSPS) is 16.7. The second-order valence-corrected chi connectivity index (χ2v) is 10.4. The Kier molecular flexibility index (Phi) is 18.5. The van der Waals surface area contributed by atoms with Crippen LogP contribution in [0.4, 0.5) is 0 Å². The van der Waals surface area contributed by atoms with E-state index in [0.29, 0.717) is 12.3 Å². The highest BCUT2D eigenvalue weighted by Crippen LogP contribution is 2.23. The highest BCUT2D eigenvalue weighted by atomic mass is 16.5. The van der Waals surface area contributed by atoms with Gasteiger partial charge in [0.1, 0.15) is 18.8 Å². The summed E-state index contributed by atoms with van der Waals surface area (Å²) in [5, 5.41) is 27.4. The van der Waals surface area contributed by atoms with Gasteiger partial charge < -0.3 is 20.1 Å². The van der Waals surface area contributed by atoms with Crippen molar-refractivity contribution in [1.29, 1.82) is 0 Å². The van der Waals surface area contributed by atoms with E-state index in [0.717, 1.165) is 30.6 Å². The van der Waals surface area contributed by atoms with E-state index < -0.39 is 18.8 Å². The Balaban J connectivity index is 3.67. The summed E-state index contributed by atoms with van der Waals surface area (Å²) in [5.74, 6) is 2.73. The quantitative estimate of drug-likeness (QED) is 0.216. The summed E-state index contributed by atoms with van der Waals surface area (Å²) in [6, 6.07) is 0. The van der Waals surface area contributed by atoms with Crippen molar-refractivity contribution < 1.29 is 24.9 Å². The van der Waals surface area contributed by atoms with Gasteiger partial charge in [0, 0.05) is 6.42 Å². The molecule has 186 valence electrons. The zero-order valence-corrected chi connectivity index (χ0v) is 21.0. The average molecular weight is 445 g/mol. The summed E-state index contributed by atoms with van der Waals surface area (Å²) < 4.78 is 4.95. The van der Waals surface area contributed by atoms with E-state index >= 15 is 0 Å². The molecule has 5 heteroatoms. The van der Waals surface area contributed by atoms with Crippen molar-refractivity contribution >= 4 is 5.97 Å². The van der Waals surface area contributed by atoms with Crippen LogP contribution in [-0.2, 0) is 9.53 Å². The lowest BCUT2D eigenvalue weighted by molar-refractivity contribution is -0.149. The molecular formula is C26H52O5. The van der Waals surface area contributed by atoms with Crippen molar-refractivity contribution in [3.63, 3.8) is 0 Å². The van der Waals surface area contributed by atoms with Gasteiger partial charge in [-0.2, -0.15) is 0 Å². The van der Waals surface area contributed by atoms with Crippen molar-refractivity contribution in [1.82, 2.24) is 0 Å². The zero-order valence-electron chi connectivity index (χ0n) is 21.0. The number of carbonyl (C=O) groups excluding carboxylic acids is 1. The number of aliphatic hydroxyl groups is 3. The molecule has 0 heterocycles. The SMILES string of the molecule is CC(C)CCC[C@@H](C)CCC[C@@H](C)CCC[C@@H](C)CCCC(=O)OC[C@@H](O)[C@@H](O)CO. The maximum Gasteiger partial charge on any atom is 0.305 e. The number of carbonyl (C=O) groups is 1.